The molecule has 98 valence electrons. The summed E-state index contributed by atoms with van der Waals surface area (Å²) >= 11 is 0. The topological polar surface area (TPSA) is 67.2 Å². The monoisotopic (exact) mass is 257 g/mol. The zero-order valence-corrected chi connectivity index (χ0v) is 10.4. The van der Waals surface area contributed by atoms with Gasteiger partial charge in [0.2, 0.25) is 5.91 Å². The van der Waals surface area contributed by atoms with E-state index in [-0.39, 0.29) is 5.91 Å². The highest BCUT2D eigenvalue weighted by Gasteiger charge is 2.20. The minimum Gasteiger partial charge on any atom is -0.444 e. The number of hydrogen-bond donors (Lipinski definition) is 2. The smallest absolute Gasteiger partial charge is 0.224 e. The van der Waals surface area contributed by atoms with Crippen molar-refractivity contribution < 1.29 is 9.21 Å². The number of rotatable bonds is 4. The van der Waals surface area contributed by atoms with E-state index in [1.165, 1.54) is 6.39 Å². The largest absolute Gasteiger partial charge is 0.444 e. The molecule has 0 atom stereocenters. The van der Waals surface area contributed by atoms with E-state index in [0.717, 1.165) is 24.3 Å². The lowest BCUT2D eigenvalue weighted by Crippen LogP contribution is -2.43. The third kappa shape index (κ3) is 2.82. The van der Waals surface area contributed by atoms with Crippen molar-refractivity contribution in [1.82, 2.24) is 10.3 Å². The summed E-state index contributed by atoms with van der Waals surface area (Å²) in [5.74, 6) is 1.22. The average molecular weight is 257 g/mol. The number of aromatic nitrogens is 1. The van der Waals surface area contributed by atoms with Crippen LogP contribution in [0.2, 0.25) is 0 Å². The maximum Gasteiger partial charge on any atom is 0.224 e. The average Bonchev–Trinajstić information content (AvgIpc) is 2.88. The summed E-state index contributed by atoms with van der Waals surface area (Å²) in [6, 6.07) is 7.57. The van der Waals surface area contributed by atoms with Crippen molar-refractivity contribution >= 4 is 11.6 Å². The Morgan fingerprint density at radius 1 is 1.47 bits per heavy atom. The van der Waals surface area contributed by atoms with Gasteiger partial charge in [0, 0.05) is 17.7 Å². The second kappa shape index (κ2) is 5.24. The molecular formula is C14H15N3O2. The summed E-state index contributed by atoms with van der Waals surface area (Å²) in [7, 11) is 0. The number of hydrogen-bond acceptors (Lipinski definition) is 4. The molecule has 0 radical (unpaired) electrons. The molecule has 1 fully saturated rings. The summed E-state index contributed by atoms with van der Waals surface area (Å²) in [6.07, 6.45) is 3.62. The van der Waals surface area contributed by atoms with Crippen LogP contribution in [0.25, 0.3) is 11.3 Å². The predicted molar refractivity (Wildman–Crippen MR) is 71.5 cm³/mol. The SMILES string of the molecule is O=C(CC1CNC1)Nc1cccc(-c2cnco2)c1. The quantitative estimate of drug-likeness (QED) is 0.877. The summed E-state index contributed by atoms with van der Waals surface area (Å²) in [5.41, 5.74) is 1.69. The fourth-order valence-electron chi connectivity index (χ4n) is 2.08. The first-order valence-electron chi connectivity index (χ1n) is 6.31. The molecule has 0 saturated carbocycles. The molecule has 1 aliphatic heterocycles. The van der Waals surface area contributed by atoms with E-state index in [2.05, 4.69) is 15.6 Å². The summed E-state index contributed by atoms with van der Waals surface area (Å²) in [6.45, 7) is 1.87. The molecule has 5 heteroatoms. The standard InChI is InChI=1S/C14H15N3O2/c18-14(4-10-6-15-7-10)17-12-3-1-2-11(5-12)13-8-16-9-19-13/h1-3,5,8-10,15H,4,6-7H2,(H,17,18). The van der Waals surface area contributed by atoms with Gasteiger partial charge >= 0.3 is 0 Å². The Balaban J connectivity index is 1.67. The molecule has 0 unspecified atom stereocenters. The van der Waals surface area contributed by atoms with Crippen LogP contribution in [0.5, 0.6) is 0 Å². The van der Waals surface area contributed by atoms with Crippen LogP contribution in [0.1, 0.15) is 6.42 Å². The summed E-state index contributed by atoms with van der Waals surface area (Å²) < 4.78 is 5.24. The molecule has 3 rings (SSSR count). The number of nitrogens with one attached hydrogen (secondary N) is 2. The lowest BCUT2D eigenvalue weighted by Gasteiger charge is -2.26. The number of benzene rings is 1. The third-order valence-corrected chi connectivity index (χ3v) is 3.20. The highest BCUT2D eigenvalue weighted by atomic mass is 16.3. The van der Waals surface area contributed by atoms with Gasteiger partial charge in [-0.05, 0) is 31.1 Å². The van der Waals surface area contributed by atoms with E-state index < -0.39 is 0 Å². The lowest BCUT2D eigenvalue weighted by molar-refractivity contribution is -0.117. The number of nitrogens with zero attached hydrogens (tertiary/aromatic N) is 1. The van der Waals surface area contributed by atoms with Crippen molar-refractivity contribution in [2.75, 3.05) is 18.4 Å². The Morgan fingerprint density at radius 3 is 3.05 bits per heavy atom. The van der Waals surface area contributed by atoms with Gasteiger partial charge in [0.25, 0.3) is 0 Å². The van der Waals surface area contributed by atoms with E-state index in [9.17, 15) is 4.79 Å². The second-order valence-corrected chi connectivity index (χ2v) is 4.72. The van der Waals surface area contributed by atoms with Crippen molar-refractivity contribution in [3.8, 4) is 11.3 Å². The van der Waals surface area contributed by atoms with E-state index in [4.69, 9.17) is 4.42 Å². The van der Waals surface area contributed by atoms with E-state index in [1.54, 1.807) is 6.20 Å². The first-order chi connectivity index (χ1) is 9.31. The number of oxazole rings is 1. The van der Waals surface area contributed by atoms with Crippen LogP contribution < -0.4 is 10.6 Å². The molecule has 2 heterocycles. The number of carbonyl (C=O) groups excluding carboxylic acids is 1. The molecule has 19 heavy (non-hydrogen) atoms. The van der Waals surface area contributed by atoms with Gasteiger partial charge < -0.3 is 15.1 Å². The fraction of sp³-hybridized carbons (Fsp3) is 0.286. The summed E-state index contributed by atoms with van der Waals surface area (Å²) in [4.78, 5) is 15.7. The molecule has 1 saturated heterocycles. The van der Waals surface area contributed by atoms with Crippen molar-refractivity contribution in [2.45, 2.75) is 6.42 Å². The van der Waals surface area contributed by atoms with Crippen LogP contribution in [0.4, 0.5) is 5.69 Å². The minimum atomic E-state index is 0.0567. The van der Waals surface area contributed by atoms with Gasteiger partial charge in [-0.25, -0.2) is 4.98 Å². The highest BCUT2D eigenvalue weighted by Crippen LogP contribution is 2.22. The molecule has 0 bridgehead atoms. The zero-order chi connectivity index (χ0) is 13.1. The highest BCUT2D eigenvalue weighted by molar-refractivity contribution is 5.91. The molecular weight excluding hydrogens is 242 g/mol. The molecule has 1 aliphatic rings. The fourth-order valence-corrected chi connectivity index (χ4v) is 2.08. The first-order valence-corrected chi connectivity index (χ1v) is 6.31. The first kappa shape index (κ1) is 11.9. The van der Waals surface area contributed by atoms with Gasteiger partial charge in [0.05, 0.1) is 6.20 Å². The van der Waals surface area contributed by atoms with Crippen molar-refractivity contribution in [3.63, 3.8) is 0 Å². The minimum absolute atomic E-state index is 0.0567. The Hall–Kier alpha value is -2.14. The van der Waals surface area contributed by atoms with Gasteiger partial charge in [-0.3, -0.25) is 4.79 Å². The number of anilines is 1. The van der Waals surface area contributed by atoms with Gasteiger partial charge in [-0.15, -0.1) is 0 Å². The number of amides is 1. The molecule has 2 N–H and O–H groups in total. The maximum atomic E-state index is 11.8. The van der Waals surface area contributed by atoms with Gasteiger partial charge in [-0.1, -0.05) is 12.1 Å². The van der Waals surface area contributed by atoms with Crippen LogP contribution >= 0.6 is 0 Å². The predicted octanol–water partition coefficient (Wildman–Crippen LogP) is 1.89. The Labute approximate surface area is 111 Å². The van der Waals surface area contributed by atoms with E-state index in [1.807, 2.05) is 24.3 Å². The summed E-state index contributed by atoms with van der Waals surface area (Å²) in [5, 5.41) is 6.07. The molecule has 1 aromatic heterocycles. The molecule has 0 spiro atoms. The van der Waals surface area contributed by atoms with Crippen LogP contribution in [-0.4, -0.2) is 24.0 Å². The van der Waals surface area contributed by atoms with Crippen molar-refractivity contribution in [1.29, 1.82) is 0 Å². The lowest BCUT2D eigenvalue weighted by atomic mass is 9.99. The molecule has 0 aliphatic carbocycles. The van der Waals surface area contributed by atoms with Gasteiger partial charge in [0.1, 0.15) is 0 Å². The molecule has 2 aromatic rings. The van der Waals surface area contributed by atoms with Crippen LogP contribution in [0.15, 0.2) is 41.3 Å². The van der Waals surface area contributed by atoms with Crippen molar-refractivity contribution in [3.05, 3.63) is 36.9 Å². The van der Waals surface area contributed by atoms with Crippen LogP contribution in [0.3, 0.4) is 0 Å². The van der Waals surface area contributed by atoms with Crippen LogP contribution in [0, 0.1) is 5.92 Å². The van der Waals surface area contributed by atoms with Gasteiger partial charge in [0.15, 0.2) is 12.2 Å². The normalized spacial score (nSPS) is 14.9. The Kier molecular flexibility index (Phi) is 3.29. The number of carbonyl (C=O) groups is 1. The second-order valence-electron chi connectivity index (χ2n) is 4.72. The van der Waals surface area contributed by atoms with E-state index >= 15 is 0 Å². The van der Waals surface area contributed by atoms with E-state index in [0.29, 0.717) is 18.1 Å². The zero-order valence-electron chi connectivity index (χ0n) is 10.4. The van der Waals surface area contributed by atoms with Crippen LogP contribution in [-0.2, 0) is 4.79 Å². The molecule has 1 aromatic carbocycles. The molecule has 5 nitrogen and oxygen atoms in total. The maximum absolute atomic E-state index is 11.8. The third-order valence-electron chi connectivity index (χ3n) is 3.20. The molecule has 1 amide bonds. The van der Waals surface area contributed by atoms with Gasteiger partial charge in [-0.2, -0.15) is 0 Å². The Morgan fingerprint density at radius 2 is 2.37 bits per heavy atom. The Bertz CT molecular complexity index is 562. The van der Waals surface area contributed by atoms with Crippen molar-refractivity contribution in [2.24, 2.45) is 5.92 Å².